The van der Waals surface area contributed by atoms with Crippen LogP contribution in [0.25, 0.3) is 43.6 Å². The lowest BCUT2D eigenvalue weighted by atomic mass is 9.96. The first-order valence-corrected chi connectivity index (χ1v) is 11.0. The van der Waals surface area contributed by atoms with Gasteiger partial charge >= 0.3 is 0 Å². The summed E-state index contributed by atoms with van der Waals surface area (Å²) in [5, 5.41) is 6.76. The van der Waals surface area contributed by atoms with Gasteiger partial charge < -0.3 is 9.13 Å². The largest absolute Gasteiger partial charge is 0.326 e. The van der Waals surface area contributed by atoms with Gasteiger partial charge in [-0.2, -0.15) is 0 Å². The molecule has 2 aliphatic heterocycles. The van der Waals surface area contributed by atoms with E-state index >= 15 is 0 Å². The highest BCUT2D eigenvalue weighted by Crippen LogP contribution is 2.52. The molecule has 2 aromatic heterocycles. The van der Waals surface area contributed by atoms with Crippen LogP contribution >= 0.6 is 11.8 Å². The molecule has 1 N–H and O–H groups in total. The SMILES string of the molecule is C[C@@H]1S[C@H](C)n2c3ccccc3c3c4c(c5c6ccccc6n1c5c32)C(=O)NC4=O. The van der Waals surface area contributed by atoms with Crippen molar-refractivity contribution in [3.8, 4) is 0 Å². The summed E-state index contributed by atoms with van der Waals surface area (Å²) in [6, 6.07) is 16.4. The molecule has 0 aliphatic carbocycles. The van der Waals surface area contributed by atoms with Crippen molar-refractivity contribution in [2.24, 2.45) is 0 Å². The summed E-state index contributed by atoms with van der Waals surface area (Å²) < 4.78 is 4.71. The van der Waals surface area contributed by atoms with Gasteiger partial charge in [-0.15, -0.1) is 11.8 Å². The van der Waals surface area contributed by atoms with Crippen LogP contribution in [0.3, 0.4) is 0 Å². The fourth-order valence-corrected chi connectivity index (χ4v) is 6.84. The number of hydrogen-bond donors (Lipinski definition) is 1. The summed E-state index contributed by atoms with van der Waals surface area (Å²) in [6.45, 7) is 4.43. The zero-order valence-corrected chi connectivity index (χ0v) is 17.2. The highest BCUT2D eigenvalue weighted by molar-refractivity contribution is 7.99. The molecule has 30 heavy (non-hydrogen) atoms. The van der Waals surface area contributed by atoms with Crippen LogP contribution in [0.4, 0.5) is 0 Å². The highest BCUT2D eigenvalue weighted by atomic mass is 32.2. The Labute approximate surface area is 175 Å². The first-order valence-electron chi connectivity index (χ1n) is 10.1. The summed E-state index contributed by atoms with van der Waals surface area (Å²) in [4.78, 5) is 26.1. The molecule has 0 unspecified atom stereocenters. The molecule has 2 aliphatic rings. The summed E-state index contributed by atoms with van der Waals surface area (Å²) in [7, 11) is 0. The van der Waals surface area contributed by atoms with Crippen molar-refractivity contribution in [3.05, 3.63) is 59.7 Å². The lowest BCUT2D eigenvalue weighted by Gasteiger charge is -2.19. The van der Waals surface area contributed by atoms with Crippen LogP contribution in [0.5, 0.6) is 0 Å². The first-order chi connectivity index (χ1) is 14.6. The standard InChI is InChI=1S/C24H17N3O2S/c1-11-26-15-9-5-3-7-13(15)17-19-20(24(29)25-23(19)28)18-14-8-4-6-10-16(14)27(12(2)30-11)22(18)21(17)26/h3-12H,1-2H3,(H,25,28,29)/t11-,12+. The zero-order valence-electron chi connectivity index (χ0n) is 16.4. The molecule has 5 aromatic rings. The monoisotopic (exact) mass is 411 g/mol. The smallest absolute Gasteiger partial charge is 0.259 e. The van der Waals surface area contributed by atoms with E-state index in [1.54, 1.807) is 0 Å². The molecule has 0 saturated heterocycles. The molecule has 5 nitrogen and oxygen atoms in total. The maximum atomic E-state index is 13.0. The predicted octanol–water partition coefficient (Wildman–Crippen LogP) is 5.57. The fraction of sp³-hybridized carbons (Fsp3) is 0.167. The third kappa shape index (κ3) is 1.70. The quantitative estimate of drug-likeness (QED) is 0.339. The van der Waals surface area contributed by atoms with Gasteiger partial charge in [0.1, 0.15) is 0 Å². The van der Waals surface area contributed by atoms with E-state index in [0.29, 0.717) is 11.1 Å². The molecule has 146 valence electrons. The topological polar surface area (TPSA) is 56.0 Å². The van der Waals surface area contributed by atoms with Crippen LogP contribution in [0, 0.1) is 0 Å². The molecule has 6 heteroatoms. The number of carbonyl (C=O) groups excluding carboxylic acids is 2. The molecule has 0 saturated carbocycles. The number of nitrogens with zero attached hydrogens (tertiary/aromatic N) is 2. The van der Waals surface area contributed by atoms with Gasteiger partial charge in [-0.05, 0) is 26.0 Å². The number of benzene rings is 3. The number of carbonyl (C=O) groups is 2. The Hall–Kier alpha value is -3.25. The van der Waals surface area contributed by atoms with Gasteiger partial charge in [0, 0.05) is 21.5 Å². The van der Waals surface area contributed by atoms with Crippen molar-refractivity contribution >= 4 is 67.2 Å². The maximum absolute atomic E-state index is 13.0. The lowest BCUT2D eigenvalue weighted by Crippen LogP contribution is -2.20. The summed E-state index contributed by atoms with van der Waals surface area (Å²) >= 11 is 1.88. The number of amides is 2. The molecule has 0 fully saturated rings. The highest BCUT2D eigenvalue weighted by Gasteiger charge is 2.38. The molecular weight excluding hydrogens is 394 g/mol. The Morgan fingerprint density at radius 2 is 1.17 bits per heavy atom. The molecule has 2 atom stereocenters. The Kier molecular flexibility index (Phi) is 2.90. The molecule has 4 heterocycles. The van der Waals surface area contributed by atoms with Crippen LogP contribution in [0.15, 0.2) is 48.5 Å². The first kappa shape index (κ1) is 16.5. The average Bonchev–Trinajstić information content (AvgIpc) is 3.32. The Morgan fingerprint density at radius 1 is 0.733 bits per heavy atom. The third-order valence-electron chi connectivity index (χ3n) is 6.60. The minimum absolute atomic E-state index is 0.183. The van der Waals surface area contributed by atoms with E-state index in [1.165, 1.54) is 0 Å². The number of imide groups is 1. The van der Waals surface area contributed by atoms with E-state index in [-0.39, 0.29) is 22.6 Å². The Bertz CT molecular complexity index is 1510. The number of fused-ring (bicyclic) bond motifs is 9. The van der Waals surface area contributed by atoms with E-state index < -0.39 is 0 Å². The number of aromatic nitrogens is 2. The van der Waals surface area contributed by atoms with Crippen molar-refractivity contribution in [1.82, 2.24) is 14.5 Å². The Balaban J connectivity index is 1.95. The van der Waals surface area contributed by atoms with E-state index in [2.05, 4.69) is 52.6 Å². The van der Waals surface area contributed by atoms with Crippen LogP contribution in [-0.2, 0) is 0 Å². The predicted molar refractivity (Wildman–Crippen MR) is 121 cm³/mol. The van der Waals surface area contributed by atoms with Crippen LogP contribution in [-0.4, -0.2) is 20.9 Å². The summed E-state index contributed by atoms with van der Waals surface area (Å²) in [5.74, 6) is -0.594. The van der Waals surface area contributed by atoms with Crippen molar-refractivity contribution in [1.29, 1.82) is 0 Å². The van der Waals surface area contributed by atoms with Crippen molar-refractivity contribution < 1.29 is 9.59 Å². The molecule has 2 amide bonds. The van der Waals surface area contributed by atoms with Gasteiger partial charge in [0.05, 0.1) is 43.9 Å². The minimum Gasteiger partial charge on any atom is -0.326 e. The second kappa shape index (κ2) is 5.26. The van der Waals surface area contributed by atoms with Crippen molar-refractivity contribution in [2.45, 2.75) is 24.6 Å². The average molecular weight is 411 g/mol. The normalized spacial score (nSPS) is 20.6. The molecule has 0 spiro atoms. The van der Waals surface area contributed by atoms with Gasteiger partial charge in [-0.25, -0.2) is 0 Å². The molecule has 3 aromatic carbocycles. The lowest BCUT2D eigenvalue weighted by molar-refractivity contribution is 0.0880. The molecule has 0 radical (unpaired) electrons. The number of rotatable bonds is 0. The van der Waals surface area contributed by atoms with Crippen LogP contribution < -0.4 is 5.32 Å². The Morgan fingerprint density at radius 3 is 1.63 bits per heavy atom. The second-order valence-electron chi connectivity index (χ2n) is 8.09. The zero-order chi connectivity index (χ0) is 20.3. The van der Waals surface area contributed by atoms with Crippen molar-refractivity contribution in [3.63, 3.8) is 0 Å². The van der Waals surface area contributed by atoms with Gasteiger partial charge in [0.15, 0.2) is 0 Å². The number of thioether (sulfide) groups is 1. The molecule has 7 rings (SSSR count). The third-order valence-corrected chi connectivity index (χ3v) is 7.81. The summed E-state index contributed by atoms with van der Waals surface area (Å²) in [6.07, 6.45) is 0. The second-order valence-corrected chi connectivity index (χ2v) is 9.73. The fourth-order valence-electron chi connectivity index (χ4n) is 5.59. The molecular formula is C24H17N3O2S. The van der Waals surface area contributed by atoms with Gasteiger partial charge in [0.25, 0.3) is 11.8 Å². The summed E-state index contributed by atoms with van der Waals surface area (Å²) in [5.41, 5.74) is 5.34. The minimum atomic E-state index is -0.297. The number of para-hydroxylation sites is 2. The van der Waals surface area contributed by atoms with Gasteiger partial charge in [-0.3, -0.25) is 14.9 Å². The van der Waals surface area contributed by atoms with Crippen LogP contribution in [0.2, 0.25) is 0 Å². The number of nitrogens with one attached hydrogen (secondary N) is 1. The maximum Gasteiger partial charge on any atom is 0.259 e. The van der Waals surface area contributed by atoms with Gasteiger partial charge in [0.2, 0.25) is 0 Å². The van der Waals surface area contributed by atoms with Gasteiger partial charge in [-0.1, -0.05) is 36.4 Å². The molecule has 0 bridgehead atoms. The van der Waals surface area contributed by atoms with E-state index in [0.717, 1.165) is 43.6 Å². The van der Waals surface area contributed by atoms with Crippen molar-refractivity contribution in [2.75, 3.05) is 0 Å². The van der Waals surface area contributed by atoms with E-state index in [4.69, 9.17) is 0 Å². The number of hydrogen-bond acceptors (Lipinski definition) is 3. The van der Waals surface area contributed by atoms with E-state index in [9.17, 15) is 9.59 Å². The van der Waals surface area contributed by atoms with Crippen LogP contribution in [0.1, 0.15) is 45.3 Å². The van der Waals surface area contributed by atoms with E-state index in [1.807, 2.05) is 36.0 Å².